The molecule has 26 heavy (non-hydrogen) atoms. The van der Waals surface area contributed by atoms with Gasteiger partial charge in [-0.1, -0.05) is 19.9 Å². The predicted octanol–water partition coefficient (Wildman–Crippen LogP) is 1.88. The van der Waals surface area contributed by atoms with E-state index in [0.29, 0.717) is 6.04 Å². The smallest absolute Gasteiger partial charge is 0.193 e. The number of likely N-dealkylation sites (tertiary alicyclic amines) is 1. The van der Waals surface area contributed by atoms with Crippen molar-refractivity contribution in [3.05, 3.63) is 30.2 Å². The largest absolute Gasteiger partial charge is 0.356 e. The first-order valence-corrected chi connectivity index (χ1v) is 9.25. The van der Waals surface area contributed by atoms with Gasteiger partial charge in [-0.05, 0) is 31.6 Å². The minimum absolute atomic E-state index is 0. The highest BCUT2D eigenvalue weighted by molar-refractivity contribution is 14.0. The van der Waals surface area contributed by atoms with Gasteiger partial charge in [0.1, 0.15) is 5.82 Å². The van der Waals surface area contributed by atoms with Gasteiger partial charge in [0, 0.05) is 45.3 Å². The number of pyridine rings is 1. The summed E-state index contributed by atoms with van der Waals surface area (Å²) in [5.41, 5.74) is 0.892. The summed E-state index contributed by atoms with van der Waals surface area (Å²) < 4.78 is 2.04. The van der Waals surface area contributed by atoms with E-state index in [1.54, 1.807) is 0 Å². The lowest BCUT2D eigenvalue weighted by Gasteiger charge is -2.27. The highest BCUT2D eigenvalue weighted by atomic mass is 127. The molecule has 1 N–H and O–H groups in total. The monoisotopic (exact) mass is 471 g/mol. The van der Waals surface area contributed by atoms with Crippen molar-refractivity contribution in [1.82, 2.24) is 29.7 Å². The SMILES string of the molecule is CCN(CC)C1CCN(C(=NC)NCCc2nnc3ccccn23)C1.I. The van der Waals surface area contributed by atoms with Crippen LogP contribution in [-0.2, 0) is 6.42 Å². The molecule has 0 saturated carbocycles. The third-order valence-corrected chi connectivity index (χ3v) is 5.02. The second kappa shape index (κ2) is 10.1. The van der Waals surface area contributed by atoms with Crippen LogP contribution in [0.1, 0.15) is 26.1 Å². The molecule has 2 aromatic rings. The maximum atomic E-state index is 4.47. The van der Waals surface area contributed by atoms with Gasteiger partial charge in [-0.15, -0.1) is 34.2 Å². The quantitative estimate of drug-likeness (QED) is 0.396. The molecule has 0 aromatic carbocycles. The molecule has 1 aliphatic heterocycles. The van der Waals surface area contributed by atoms with Crippen LogP contribution < -0.4 is 5.32 Å². The molecule has 1 unspecified atom stereocenters. The molecule has 8 heteroatoms. The molecule has 1 fully saturated rings. The van der Waals surface area contributed by atoms with Crippen LogP contribution >= 0.6 is 24.0 Å². The first-order valence-electron chi connectivity index (χ1n) is 9.25. The number of aromatic nitrogens is 3. The fourth-order valence-corrected chi connectivity index (χ4v) is 3.65. The molecule has 0 bridgehead atoms. The average Bonchev–Trinajstić information content (AvgIpc) is 3.28. The van der Waals surface area contributed by atoms with Gasteiger partial charge in [-0.2, -0.15) is 0 Å². The van der Waals surface area contributed by atoms with Crippen LogP contribution in [0.15, 0.2) is 29.4 Å². The lowest BCUT2D eigenvalue weighted by atomic mass is 10.2. The van der Waals surface area contributed by atoms with Crippen molar-refractivity contribution in [2.24, 2.45) is 4.99 Å². The number of nitrogens with zero attached hydrogens (tertiary/aromatic N) is 6. The Morgan fingerprint density at radius 1 is 1.31 bits per heavy atom. The van der Waals surface area contributed by atoms with Crippen LogP contribution in [0, 0.1) is 0 Å². The Hall–Kier alpha value is -1.42. The van der Waals surface area contributed by atoms with Gasteiger partial charge in [0.2, 0.25) is 0 Å². The Morgan fingerprint density at radius 2 is 2.12 bits per heavy atom. The highest BCUT2D eigenvalue weighted by Crippen LogP contribution is 2.15. The van der Waals surface area contributed by atoms with Crippen LogP contribution in [0.3, 0.4) is 0 Å². The summed E-state index contributed by atoms with van der Waals surface area (Å²) in [6.07, 6.45) is 4.03. The van der Waals surface area contributed by atoms with Gasteiger partial charge < -0.3 is 10.2 Å². The molecule has 0 spiro atoms. The Morgan fingerprint density at radius 3 is 2.85 bits per heavy atom. The molecule has 3 heterocycles. The third kappa shape index (κ3) is 4.64. The number of nitrogens with one attached hydrogen (secondary N) is 1. The van der Waals surface area contributed by atoms with Gasteiger partial charge in [0.15, 0.2) is 11.6 Å². The normalized spacial score (nSPS) is 17.8. The zero-order valence-corrected chi connectivity index (χ0v) is 18.3. The number of halogens is 1. The van der Waals surface area contributed by atoms with E-state index < -0.39 is 0 Å². The fraction of sp³-hybridized carbons (Fsp3) is 0.611. The van der Waals surface area contributed by atoms with Gasteiger partial charge in [-0.3, -0.25) is 14.3 Å². The summed E-state index contributed by atoms with van der Waals surface area (Å²) in [6.45, 7) is 9.62. The Balaban J connectivity index is 0.00000243. The minimum Gasteiger partial charge on any atom is -0.356 e. The van der Waals surface area contributed by atoms with Gasteiger partial charge in [-0.25, -0.2) is 0 Å². The Labute approximate surface area is 172 Å². The molecular formula is C18H30IN7. The summed E-state index contributed by atoms with van der Waals surface area (Å²) >= 11 is 0. The van der Waals surface area contributed by atoms with E-state index in [9.17, 15) is 0 Å². The molecule has 7 nitrogen and oxygen atoms in total. The van der Waals surface area contributed by atoms with Gasteiger partial charge in [0.25, 0.3) is 0 Å². The van der Waals surface area contributed by atoms with Crippen molar-refractivity contribution in [3.63, 3.8) is 0 Å². The number of hydrogen-bond acceptors (Lipinski definition) is 4. The van der Waals surface area contributed by atoms with Crippen LogP contribution in [0.2, 0.25) is 0 Å². The van der Waals surface area contributed by atoms with Crippen molar-refractivity contribution in [3.8, 4) is 0 Å². The first kappa shape index (κ1) is 20.9. The first-order chi connectivity index (χ1) is 12.3. The number of aliphatic imine (C=N–C) groups is 1. The molecule has 0 aliphatic carbocycles. The molecular weight excluding hydrogens is 441 g/mol. The molecule has 0 amide bonds. The fourth-order valence-electron chi connectivity index (χ4n) is 3.65. The van der Waals surface area contributed by atoms with E-state index in [1.165, 1.54) is 6.42 Å². The number of hydrogen-bond donors (Lipinski definition) is 1. The summed E-state index contributed by atoms with van der Waals surface area (Å²) in [4.78, 5) is 9.37. The summed E-state index contributed by atoms with van der Waals surface area (Å²) in [7, 11) is 1.86. The van der Waals surface area contributed by atoms with E-state index in [0.717, 1.165) is 56.6 Å². The van der Waals surface area contributed by atoms with Crippen LogP contribution in [0.25, 0.3) is 5.65 Å². The zero-order valence-electron chi connectivity index (χ0n) is 15.9. The van der Waals surface area contributed by atoms with Gasteiger partial charge >= 0.3 is 0 Å². The number of likely N-dealkylation sites (N-methyl/N-ethyl adjacent to an activating group) is 1. The van der Waals surface area contributed by atoms with Crippen molar-refractivity contribution >= 4 is 35.6 Å². The van der Waals surface area contributed by atoms with Gasteiger partial charge in [0.05, 0.1) is 0 Å². The van der Waals surface area contributed by atoms with E-state index >= 15 is 0 Å². The maximum Gasteiger partial charge on any atom is 0.193 e. The molecule has 2 aromatic heterocycles. The topological polar surface area (TPSA) is 61.1 Å². The predicted molar refractivity (Wildman–Crippen MR) is 116 cm³/mol. The second-order valence-corrected chi connectivity index (χ2v) is 6.38. The van der Waals surface area contributed by atoms with Crippen molar-refractivity contribution in [2.75, 3.05) is 39.8 Å². The van der Waals surface area contributed by atoms with E-state index in [1.807, 2.05) is 35.8 Å². The highest BCUT2D eigenvalue weighted by Gasteiger charge is 2.27. The van der Waals surface area contributed by atoms with Crippen LogP contribution in [0.5, 0.6) is 0 Å². The number of fused-ring (bicyclic) bond motifs is 1. The Kier molecular flexibility index (Phi) is 8.08. The molecule has 3 rings (SSSR count). The summed E-state index contributed by atoms with van der Waals surface area (Å²) in [6, 6.07) is 6.59. The lowest BCUT2D eigenvalue weighted by molar-refractivity contribution is 0.223. The van der Waals surface area contributed by atoms with Crippen LogP contribution in [-0.4, -0.2) is 76.2 Å². The summed E-state index contributed by atoms with van der Waals surface area (Å²) in [5.74, 6) is 1.96. The maximum absolute atomic E-state index is 4.47. The van der Waals surface area contributed by atoms with Crippen LogP contribution in [0.4, 0.5) is 0 Å². The molecule has 1 aliphatic rings. The van der Waals surface area contributed by atoms with Crippen molar-refractivity contribution in [2.45, 2.75) is 32.7 Å². The number of guanidine groups is 1. The Bertz CT molecular complexity index is 710. The van der Waals surface area contributed by atoms with E-state index in [-0.39, 0.29) is 24.0 Å². The van der Waals surface area contributed by atoms with E-state index in [4.69, 9.17) is 0 Å². The lowest BCUT2D eigenvalue weighted by Crippen LogP contribution is -2.43. The second-order valence-electron chi connectivity index (χ2n) is 6.38. The zero-order chi connectivity index (χ0) is 17.6. The molecule has 1 saturated heterocycles. The van der Waals surface area contributed by atoms with Crippen molar-refractivity contribution in [1.29, 1.82) is 0 Å². The third-order valence-electron chi connectivity index (χ3n) is 5.02. The minimum atomic E-state index is 0. The number of rotatable bonds is 6. The standard InChI is InChI=1S/C18H29N7.HI/c1-4-23(5-2)15-10-13-24(14-15)18(19-3)20-11-9-17-22-21-16-8-6-7-12-25(16)17;/h6-8,12,15H,4-5,9-11,13-14H2,1-3H3,(H,19,20);1H. The van der Waals surface area contributed by atoms with Crippen molar-refractivity contribution < 1.29 is 0 Å². The molecule has 144 valence electrons. The molecule has 0 radical (unpaired) electrons. The molecule has 1 atom stereocenters. The van der Waals surface area contributed by atoms with E-state index in [2.05, 4.69) is 44.2 Å². The average molecular weight is 471 g/mol. The summed E-state index contributed by atoms with van der Waals surface area (Å²) in [5, 5.41) is 12.0.